The molecule has 3 rings (SSSR count). The van der Waals surface area contributed by atoms with Gasteiger partial charge in [-0.25, -0.2) is 0 Å². The molecule has 6 nitrogen and oxygen atoms in total. The number of fused-ring (bicyclic) bond motifs is 1. The molecular formula is C14H16N2O4. The first-order valence-electron chi connectivity index (χ1n) is 6.68. The summed E-state index contributed by atoms with van der Waals surface area (Å²) in [5.74, 6) is 0. The van der Waals surface area contributed by atoms with Crippen LogP contribution in [0.15, 0.2) is 30.5 Å². The van der Waals surface area contributed by atoms with Crippen molar-refractivity contribution in [3.8, 4) is 0 Å². The number of aliphatic hydroxyl groups excluding tert-OH is 1. The Morgan fingerprint density at radius 2 is 2.30 bits per heavy atom. The standard InChI is InChI=1S/C14H16N2O4/c1-2-13-12(17)8-14(20-13)15-6-5-9-7-10(16(18)19)3-4-11(9)15/h3-7,12-14,17H,2,8H2,1H3. The average Bonchev–Trinajstić information content (AvgIpc) is 3.00. The lowest BCUT2D eigenvalue weighted by Gasteiger charge is -2.15. The first-order chi connectivity index (χ1) is 9.60. The van der Waals surface area contributed by atoms with Gasteiger partial charge in [-0.1, -0.05) is 6.92 Å². The Kier molecular flexibility index (Phi) is 3.19. The summed E-state index contributed by atoms with van der Waals surface area (Å²) in [5.41, 5.74) is 0.957. The van der Waals surface area contributed by atoms with Crippen LogP contribution in [0.1, 0.15) is 26.0 Å². The van der Waals surface area contributed by atoms with Gasteiger partial charge in [0.05, 0.1) is 22.6 Å². The molecule has 1 fully saturated rings. The molecular weight excluding hydrogens is 260 g/mol. The van der Waals surface area contributed by atoms with E-state index >= 15 is 0 Å². The molecule has 0 spiro atoms. The van der Waals surface area contributed by atoms with Crippen LogP contribution in [0, 0.1) is 10.1 Å². The highest BCUT2D eigenvalue weighted by Crippen LogP contribution is 2.33. The molecule has 1 aliphatic rings. The maximum Gasteiger partial charge on any atom is 0.270 e. The summed E-state index contributed by atoms with van der Waals surface area (Å²) in [6.07, 6.45) is 2.34. The Labute approximate surface area is 115 Å². The van der Waals surface area contributed by atoms with Crippen molar-refractivity contribution in [2.45, 2.75) is 38.2 Å². The fourth-order valence-electron chi connectivity index (χ4n) is 2.77. The Morgan fingerprint density at radius 1 is 1.50 bits per heavy atom. The smallest absolute Gasteiger partial charge is 0.270 e. The molecule has 1 aromatic carbocycles. The first kappa shape index (κ1) is 13.1. The summed E-state index contributed by atoms with van der Waals surface area (Å²) in [5, 5.41) is 21.5. The number of nitro groups is 1. The number of aromatic nitrogens is 1. The van der Waals surface area contributed by atoms with Crippen LogP contribution in [0.4, 0.5) is 5.69 Å². The Morgan fingerprint density at radius 3 is 2.95 bits per heavy atom. The number of hydrogen-bond acceptors (Lipinski definition) is 4. The molecule has 1 N–H and O–H groups in total. The topological polar surface area (TPSA) is 77.5 Å². The zero-order valence-electron chi connectivity index (χ0n) is 11.1. The molecule has 3 atom stereocenters. The van der Waals surface area contributed by atoms with Crippen LogP contribution < -0.4 is 0 Å². The maximum absolute atomic E-state index is 10.8. The van der Waals surface area contributed by atoms with Crippen LogP contribution in [0.2, 0.25) is 0 Å². The van der Waals surface area contributed by atoms with Gasteiger partial charge in [0.1, 0.15) is 6.23 Å². The van der Waals surface area contributed by atoms with Crippen molar-refractivity contribution in [1.82, 2.24) is 4.57 Å². The molecule has 20 heavy (non-hydrogen) atoms. The quantitative estimate of drug-likeness (QED) is 0.690. The zero-order chi connectivity index (χ0) is 14.3. The van der Waals surface area contributed by atoms with Crippen molar-refractivity contribution in [2.75, 3.05) is 0 Å². The lowest BCUT2D eigenvalue weighted by Crippen LogP contribution is -2.19. The second-order valence-electron chi connectivity index (χ2n) is 5.06. The summed E-state index contributed by atoms with van der Waals surface area (Å²) in [6.45, 7) is 1.98. The third kappa shape index (κ3) is 2.07. The molecule has 0 radical (unpaired) electrons. The average molecular weight is 276 g/mol. The van der Waals surface area contributed by atoms with E-state index in [0.717, 1.165) is 17.3 Å². The van der Waals surface area contributed by atoms with E-state index in [1.807, 2.05) is 23.8 Å². The van der Waals surface area contributed by atoms with E-state index in [9.17, 15) is 15.2 Å². The number of nitro benzene ring substituents is 1. The van der Waals surface area contributed by atoms with Crippen molar-refractivity contribution in [1.29, 1.82) is 0 Å². The van der Waals surface area contributed by atoms with Gasteiger partial charge in [0.15, 0.2) is 0 Å². The van der Waals surface area contributed by atoms with Gasteiger partial charge in [0.2, 0.25) is 0 Å². The molecule has 0 amide bonds. The minimum atomic E-state index is -0.458. The van der Waals surface area contributed by atoms with Gasteiger partial charge in [0.25, 0.3) is 5.69 Å². The maximum atomic E-state index is 10.8. The van der Waals surface area contributed by atoms with Crippen LogP contribution in [0.25, 0.3) is 10.9 Å². The Bertz CT molecular complexity index is 652. The van der Waals surface area contributed by atoms with Crippen LogP contribution in [0.3, 0.4) is 0 Å². The lowest BCUT2D eigenvalue weighted by atomic mass is 10.1. The fraction of sp³-hybridized carbons (Fsp3) is 0.429. The van der Waals surface area contributed by atoms with Crippen LogP contribution >= 0.6 is 0 Å². The molecule has 2 aromatic rings. The van der Waals surface area contributed by atoms with E-state index in [0.29, 0.717) is 6.42 Å². The molecule has 2 heterocycles. The largest absolute Gasteiger partial charge is 0.390 e. The molecule has 1 aliphatic heterocycles. The predicted octanol–water partition coefficient (Wildman–Crippen LogP) is 2.61. The summed E-state index contributed by atoms with van der Waals surface area (Å²) in [4.78, 5) is 10.4. The Hall–Kier alpha value is -1.92. The number of aliphatic hydroxyl groups is 1. The summed E-state index contributed by atoms with van der Waals surface area (Å²) in [6, 6.07) is 6.59. The minimum absolute atomic E-state index is 0.0778. The molecule has 106 valence electrons. The van der Waals surface area contributed by atoms with Crippen molar-refractivity contribution in [3.63, 3.8) is 0 Å². The normalized spacial score (nSPS) is 26.2. The van der Waals surface area contributed by atoms with Gasteiger partial charge < -0.3 is 14.4 Å². The van der Waals surface area contributed by atoms with Crippen LogP contribution in [0.5, 0.6) is 0 Å². The van der Waals surface area contributed by atoms with E-state index < -0.39 is 11.0 Å². The summed E-state index contributed by atoms with van der Waals surface area (Å²) in [7, 11) is 0. The van der Waals surface area contributed by atoms with Crippen molar-refractivity contribution in [3.05, 3.63) is 40.6 Å². The van der Waals surface area contributed by atoms with E-state index in [1.54, 1.807) is 12.1 Å². The third-order valence-electron chi connectivity index (χ3n) is 3.83. The number of benzene rings is 1. The first-order valence-corrected chi connectivity index (χ1v) is 6.68. The van der Waals surface area contributed by atoms with Crippen molar-refractivity contribution in [2.24, 2.45) is 0 Å². The number of hydrogen-bond donors (Lipinski definition) is 1. The highest BCUT2D eigenvalue weighted by molar-refractivity contribution is 5.82. The molecule has 6 heteroatoms. The molecule has 0 bridgehead atoms. The third-order valence-corrected chi connectivity index (χ3v) is 3.83. The van der Waals surface area contributed by atoms with E-state index in [2.05, 4.69) is 0 Å². The second kappa shape index (κ2) is 4.88. The second-order valence-corrected chi connectivity index (χ2v) is 5.06. The highest BCUT2D eigenvalue weighted by atomic mass is 16.6. The molecule has 1 saturated heterocycles. The number of ether oxygens (including phenoxy) is 1. The number of rotatable bonds is 3. The van der Waals surface area contributed by atoms with Crippen LogP contribution in [-0.4, -0.2) is 26.8 Å². The van der Waals surface area contributed by atoms with Crippen LogP contribution in [-0.2, 0) is 4.74 Å². The zero-order valence-corrected chi connectivity index (χ0v) is 11.1. The molecule has 0 saturated carbocycles. The number of non-ortho nitro benzene ring substituents is 1. The van der Waals surface area contributed by atoms with E-state index in [1.165, 1.54) is 6.07 Å². The Balaban J connectivity index is 1.95. The van der Waals surface area contributed by atoms with Gasteiger partial charge in [-0.15, -0.1) is 0 Å². The van der Waals surface area contributed by atoms with E-state index in [-0.39, 0.29) is 18.0 Å². The highest BCUT2D eigenvalue weighted by Gasteiger charge is 2.33. The molecule has 3 unspecified atom stereocenters. The summed E-state index contributed by atoms with van der Waals surface area (Å²) >= 11 is 0. The monoisotopic (exact) mass is 276 g/mol. The summed E-state index contributed by atoms with van der Waals surface area (Å²) < 4.78 is 7.76. The lowest BCUT2D eigenvalue weighted by molar-refractivity contribution is -0.384. The van der Waals surface area contributed by atoms with Gasteiger partial charge in [-0.3, -0.25) is 10.1 Å². The fourth-order valence-corrected chi connectivity index (χ4v) is 2.77. The minimum Gasteiger partial charge on any atom is -0.390 e. The number of nitrogens with zero attached hydrogens (tertiary/aromatic N) is 2. The van der Waals surface area contributed by atoms with Crippen molar-refractivity contribution >= 4 is 16.6 Å². The molecule has 1 aromatic heterocycles. The van der Waals surface area contributed by atoms with E-state index in [4.69, 9.17) is 4.74 Å². The van der Waals surface area contributed by atoms with Gasteiger partial charge in [-0.05, 0) is 18.6 Å². The SMILES string of the molecule is CCC1OC(n2ccc3cc([N+](=O)[O-])ccc32)CC1O. The van der Waals surface area contributed by atoms with Crippen molar-refractivity contribution < 1.29 is 14.8 Å². The van der Waals surface area contributed by atoms with Gasteiger partial charge in [-0.2, -0.15) is 0 Å². The molecule has 0 aliphatic carbocycles. The van der Waals surface area contributed by atoms with Gasteiger partial charge in [0, 0.05) is 30.1 Å². The van der Waals surface area contributed by atoms with Gasteiger partial charge >= 0.3 is 0 Å². The predicted molar refractivity (Wildman–Crippen MR) is 73.4 cm³/mol.